The molecule has 1 unspecified atom stereocenters. The highest BCUT2D eigenvalue weighted by atomic mass is 19.4. The molecule has 0 aliphatic rings. The predicted octanol–water partition coefficient (Wildman–Crippen LogP) is 4.45. The van der Waals surface area contributed by atoms with E-state index in [2.05, 4.69) is 9.47 Å². The van der Waals surface area contributed by atoms with Gasteiger partial charge in [-0.05, 0) is 6.42 Å². The van der Waals surface area contributed by atoms with Crippen LogP contribution in [0.15, 0.2) is 0 Å². The summed E-state index contributed by atoms with van der Waals surface area (Å²) in [6.07, 6.45) is -20.1. The molecule has 13 heteroatoms. The van der Waals surface area contributed by atoms with Crippen LogP contribution in [0.2, 0.25) is 0 Å². The molecular weight excluding hydrogens is 349 g/mol. The zero-order valence-electron chi connectivity index (χ0n) is 10.6. The van der Waals surface area contributed by atoms with Crippen LogP contribution in [-0.2, 0) is 9.47 Å². The molecule has 22 heavy (non-hydrogen) atoms. The monoisotopic (exact) mass is 358 g/mol. The molecule has 0 radical (unpaired) electrons. The van der Waals surface area contributed by atoms with Crippen LogP contribution in [0.5, 0.6) is 0 Å². The molecule has 0 rings (SSSR count). The van der Waals surface area contributed by atoms with Crippen LogP contribution >= 0.6 is 0 Å². The Kier molecular flexibility index (Phi) is 6.09. The first-order chi connectivity index (χ1) is 9.52. The first kappa shape index (κ1) is 21.1. The van der Waals surface area contributed by atoms with Crippen molar-refractivity contribution in [2.24, 2.45) is 0 Å². The number of halogens is 11. The van der Waals surface area contributed by atoms with Gasteiger partial charge in [-0.1, -0.05) is 6.92 Å². The number of ether oxygens (including phenoxy) is 2. The third kappa shape index (κ3) is 4.33. The van der Waals surface area contributed by atoms with Gasteiger partial charge in [0.05, 0.1) is 0 Å². The summed E-state index contributed by atoms with van der Waals surface area (Å²) in [7, 11) is 0. The molecule has 0 amide bonds. The van der Waals surface area contributed by atoms with Crippen LogP contribution in [0.25, 0.3) is 0 Å². The van der Waals surface area contributed by atoms with Gasteiger partial charge in [0.1, 0.15) is 6.61 Å². The summed E-state index contributed by atoms with van der Waals surface area (Å²) in [5.41, 5.74) is 0. The standard InChI is InChI=1S/C9H9F11O2/c1-2-3-21-4-5(10,7(13,14)15)22-9(19,20)6(11,12)8(16,17)18/h2-4H2,1H3. The molecule has 0 aliphatic heterocycles. The van der Waals surface area contributed by atoms with E-state index in [9.17, 15) is 48.3 Å². The Morgan fingerprint density at radius 1 is 0.727 bits per heavy atom. The largest absolute Gasteiger partial charge is 0.462 e. The van der Waals surface area contributed by atoms with Gasteiger partial charge in [0.25, 0.3) is 0 Å². The van der Waals surface area contributed by atoms with Crippen LogP contribution in [0.1, 0.15) is 13.3 Å². The van der Waals surface area contributed by atoms with Crippen LogP contribution in [0.3, 0.4) is 0 Å². The third-order valence-electron chi connectivity index (χ3n) is 2.07. The summed E-state index contributed by atoms with van der Waals surface area (Å²) in [6.45, 7) is -1.62. The lowest BCUT2D eigenvalue weighted by atomic mass is 10.2. The molecule has 0 heterocycles. The highest BCUT2D eigenvalue weighted by Crippen LogP contribution is 2.50. The fourth-order valence-electron chi connectivity index (χ4n) is 0.949. The molecule has 1 atom stereocenters. The van der Waals surface area contributed by atoms with Crippen molar-refractivity contribution in [3.8, 4) is 0 Å². The zero-order chi connectivity index (χ0) is 18.0. The van der Waals surface area contributed by atoms with Gasteiger partial charge < -0.3 is 4.74 Å². The van der Waals surface area contributed by atoms with E-state index in [1.165, 1.54) is 6.92 Å². The van der Waals surface area contributed by atoms with Gasteiger partial charge in [-0.25, -0.2) is 0 Å². The van der Waals surface area contributed by atoms with E-state index in [1.54, 1.807) is 0 Å². The SMILES string of the molecule is CCCOCC(F)(OC(F)(F)C(F)(F)C(F)(F)F)C(F)(F)F. The Hall–Kier alpha value is -0.850. The Morgan fingerprint density at radius 3 is 1.50 bits per heavy atom. The summed E-state index contributed by atoms with van der Waals surface area (Å²) in [4.78, 5) is 0. The lowest BCUT2D eigenvalue weighted by Gasteiger charge is -2.34. The molecular formula is C9H9F11O2. The number of alkyl halides is 11. The van der Waals surface area contributed by atoms with E-state index in [0.29, 0.717) is 0 Å². The van der Waals surface area contributed by atoms with Crippen molar-refractivity contribution < 1.29 is 57.8 Å². The molecule has 0 aliphatic carbocycles. The molecule has 0 aromatic carbocycles. The minimum atomic E-state index is -7.05. The maximum absolute atomic E-state index is 13.4. The second-order valence-electron chi connectivity index (χ2n) is 3.97. The van der Waals surface area contributed by atoms with E-state index < -0.39 is 43.5 Å². The molecule has 0 bridgehead atoms. The van der Waals surface area contributed by atoms with Gasteiger partial charge in [0.15, 0.2) is 0 Å². The molecule has 2 nitrogen and oxygen atoms in total. The van der Waals surface area contributed by atoms with E-state index in [4.69, 9.17) is 0 Å². The van der Waals surface area contributed by atoms with Crippen molar-refractivity contribution in [2.75, 3.05) is 13.2 Å². The molecule has 0 saturated heterocycles. The number of hydrogen-bond donors (Lipinski definition) is 0. The highest BCUT2D eigenvalue weighted by Gasteiger charge is 2.78. The van der Waals surface area contributed by atoms with Gasteiger partial charge in [-0.15, -0.1) is 0 Å². The summed E-state index contributed by atoms with van der Waals surface area (Å²) in [6, 6.07) is 0. The fourth-order valence-corrected chi connectivity index (χ4v) is 0.949. The average molecular weight is 358 g/mol. The molecule has 0 saturated carbocycles. The lowest BCUT2D eigenvalue weighted by molar-refractivity contribution is -0.486. The second-order valence-corrected chi connectivity index (χ2v) is 3.97. The maximum Gasteiger partial charge on any atom is 0.462 e. The van der Waals surface area contributed by atoms with Crippen LogP contribution < -0.4 is 0 Å². The highest BCUT2D eigenvalue weighted by molar-refractivity contribution is 4.89. The van der Waals surface area contributed by atoms with Crippen molar-refractivity contribution in [3.63, 3.8) is 0 Å². The first-order valence-electron chi connectivity index (χ1n) is 5.38. The molecule has 0 spiro atoms. The Labute approximate surface area is 116 Å². The fraction of sp³-hybridized carbons (Fsp3) is 1.00. The second kappa shape index (κ2) is 6.34. The third-order valence-corrected chi connectivity index (χ3v) is 2.07. The first-order valence-corrected chi connectivity index (χ1v) is 5.38. The van der Waals surface area contributed by atoms with Crippen molar-refractivity contribution in [2.45, 2.75) is 43.6 Å². The summed E-state index contributed by atoms with van der Waals surface area (Å²) in [5, 5.41) is 0. The Bertz CT molecular complexity index is 362. The summed E-state index contributed by atoms with van der Waals surface area (Å²) >= 11 is 0. The lowest BCUT2D eigenvalue weighted by Crippen LogP contribution is -2.60. The minimum Gasteiger partial charge on any atom is -0.375 e. The van der Waals surface area contributed by atoms with Crippen molar-refractivity contribution in [1.29, 1.82) is 0 Å². The predicted molar refractivity (Wildman–Crippen MR) is 48.0 cm³/mol. The average Bonchev–Trinajstić information content (AvgIpc) is 2.25. The van der Waals surface area contributed by atoms with Gasteiger partial charge in [0.2, 0.25) is 0 Å². The van der Waals surface area contributed by atoms with Gasteiger partial charge >= 0.3 is 30.2 Å². The van der Waals surface area contributed by atoms with E-state index in [-0.39, 0.29) is 6.42 Å². The number of rotatable bonds is 7. The zero-order valence-corrected chi connectivity index (χ0v) is 10.6. The van der Waals surface area contributed by atoms with Gasteiger partial charge in [0, 0.05) is 6.61 Å². The topological polar surface area (TPSA) is 18.5 Å². The Morgan fingerprint density at radius 2 is 1.18 bits per heavy atom. The van der Waals surface area contributed by atoms with Crippen molar-refractivity contribution >= 4 is 0 Å². The molecule has 0 aromatic rings. The van der Waals surface area contributed by atoms with Gasteiger partial charge in [-0.3, -0.25) is 4.74 Å². The van der Waals surface area contributed by atoms with Crippen LogP contribution in [0, 0.1) is 0 Å². The van der Waals surface area contributed by atoms with Crippen LogP contribution in [0.4, 0.5) is 48.3 Å². The van der Waals surface area contributed by atoms with E-state index in [1.807, 2.05) is 0 Å². The molecule has 134 valence electrons. The number of hydrogen-bond acceptors (Lipinski definition) is 2. The summed E-state index contributed by atoms with van der Waals surface area (Å²) < 4.78 is 142. The minimum absolute atomic E-state index is 0.0109. The maximum atomic E-state index is 13.4. The van der Waals surface area contributed by atoms with Crippen molar-refractivity contribution in [1.82, 2.24) is 0 Å². The smallest absolute Gasteiger partial charge is 0.375 e. The van der Waals surface area contributed by atoms with Crippen LogP contribution in [-0.4, -0.2) is 43.5 Å². The van der Waals surface area contributed by atoms with E-state index in [0.717, 1.165) is 0 Å². The molecule has 0 aromatic heterocycles. The molecule has 0 fully saturated rings. The summed E-state index contributed by atoms with van der Waals surface area (Å²) in [5.74, 6) is -12.6. The van der Waals surface area contributed by atoms with Gasteiger partial charge in [-0.2, -0.15) is 48.3 Å². The van der Waals surface area contributed by atoms with E-state index >= 15 is 0 Å². The quantitative estimate of drug-likeness (QED) is 0.495. The normalized spacial score (nSPS) is 17.5. The Balaban J connectivity index is 5.47. The van der Waals surface area contributed by atoms with Crippen molar-refractivity contribution in [3.05, 3.63) is 0 Å². The molecule has 0 N–H and O–H groups in total.